The van der Waals surface area contributed by atoms with E-state index >= 15 is 0 Å². The minimum Gasteiger partial charge on any atom is -0.493 e. The van der Waals surface area contributed by atoms with Gasteiger partial charge in [-0.1, -0.05) is 0 Å². The van der Waals surface area contributed by atoms with Gasteiger partial charge in [0.1, 0.15) is 17.1 Å². The lowest BCUT2D eigenvalue weighted by atomic mass is 10.2. The summed E-state index contributed by atoms with van der Waals surface area (Å²) in [5, 5.41) is 0. The largest absolute Gasteiger partial charge is 0.493 e. The van der Waals surface area contributed by atoms with Crippen molar-refractivity contribution in [3.8, 4) is 11.5 Å². The van der Waals surface area contributed by atoms with Gasteiger partial charge in [-0.05, 0) is 41.9 Å². The van der Waals surface area contributed by atoms with Gasteiger partial charge in [0.15, 0.2) is 0 Å². The van der Waals surface area contributed by atoms with Crippen molar-refractivity contribution in [1.29, 1.82) is 0 Å². The lowest BCUT2D eigenvalue weighted by molar-refractivity contribution is -0.139. The van der Waals surface area contributed by atoms with Gasteiger partial charge in [0, 0.05) is 0 Å². The van der Waals surface area contributed by atoms with Crippen molar-refractivity contribution in [2.24, 2.45) is 0 Å². The van der Waals surface area contributed by atoms with Gasteiger partial charge in [-0.3, -0.25) is 0 Å². The SMILES string of the molecule is CCOc1cc(C(F)(F)F)c(OCC)cc1Br. The Hall–Kier alpha value is -0.910. The Bertz CT molecular complexity index is 391. The third-order valence-corrected chi connectivity index (χ3v) is 2.56. The second-order valence-electron chi connectivity index (χ2n) is 3.14. The molecular weight excluding hydrogens is 301 g/mol. The fourth-order valence-electron chi connectivity index (χ4n) is 1.30. The first kappa shape index (κ1) is 14.2. The molecule has 0 heterocycles. The summed E-state index contributed by atoms with van der Waals surface area (Å²) in [6.07, 6.45) is -4.46. The van der Waals surface area contributed by atoms with E-state index in [4.69, 9.17) is 9.47 Å². The Morgan fingerprint density at radius 2 is 1.59 bits per heavy atom. The molecule has 0 atom stereocenters. The molecule has 1 aromatic carbocycles. The summed E-state index contributed by atoms with van der Waals surface area (Å²) in [6.45, 7) is 3.80. The van der Waals surface area contributed by atoms with Gasteiger partial charge in [-0.25, -0.2) is 0 Å². The molecule has 0 aromatic heterocycles. The van der Waals surface area contributed by atoms with E-state index in [2.05, 4.69) is 15.9 Å². The summed E-state index contributed by atoms with van der Waals surface area (Å²) in [5.41, 5.74) is -0.828. The average Bonchev–Trinajstić information content (AvgIpc) is 2.20. The van der Waals surface area contributed by atoms with Crippen molar-refractivity contribution >= 4 is 15.9 Å². The van der Waals surface area contributed by atoms with Crippen LogP contribution in [0.25, 0.3) is 0 Å². The third-order valence-electron chi connectivity index (χ3n) is 1.94. The van der Waals surface area contributed by atoms with Crippen molar-refractivity contribution in [2.75, 3.05) is 13.2 Å². The molecule has 0 bridgehead atoms. The van der Waals surface area contributed by atoms with E-state index in [0.29, 0.717) is 11.1 Å². The summed E-state index contributed by atoms with van der Waals surface area (Å²) >= 11 is 3.15. The molecule has 17 heavy (non-hydrogen) atoms. The van der Waals surface area contributed by atoms with Gasteiger partial charge in [-0.15, -0.1) is 0 Å². The van der Waals surface area contributed by atoms with Crippen LogP contribution in [0.4, 0.5) is 13.2 Å². The third kappa shape index (κ3) is 3.52. The molecule has 2 nitrogen and oxygen atoms in total. The monoisotopic (exact) mass is 312 g/mol. The molecule has 0 N–H and O–H groups in total. The normalized spacial score (nSPS) is 11.4. The molecule has 0 unspecified atom stereocenters. The van der Waals surface area contributed by atoms with Gasteiger partial charge in [0.05, 0.1) is 17.7 Å². The average molecular weight is 313 g/mol. The molecule has 0 aliphatic carbocycles. The zero-order chi connectivity index (χ0) is 13.1. The fraction of sp³-hybridized carbons (Fsp3) is 0.455. The van der Waals surface area contributed by atoms with E-state index in [-0.39, 0.29) is 18.1 Å². The van der Waals surface area contributed by atoms with Crippen LogP contribution in [0, 0.1) is 0 Å². The maximum absolute atomic E-state index is 12.8. The van der Waals surface area contributed by atoms with Crippen molar-refractivity contribution in [2.45, 2.75) is 20.0 Å². The molecule has 96 valence electrons. The quantitative estimate of drug-likeness (QED) is 0.826. The number of halogens is 4. The topological polar surface area (TPSA) is 18.5 Å². The second-order valence-corrected chi connectivity index (χ2v) is 4.00. The van der Waals surface area contributed by atoms with Crippen molar-refractivity contribution < 1.29 is 22.6 Å². The van der Waals surface area contributed by atoms with Crippen LogP contribution >= 0.6 is 15.9 Å². The molecule has 0 amide bonds. The van der Waals surface area contributed by atoms with E-state index in [1.54, 1.807) is 13.8 Å². The Kier molecular flexibility index (Phi) is 4.68. The molecule has 0 fully saturated rings. The number of rotatable bonds is 4. The zero-order valence-corrected chi connectivity index (χ0v) is 11.0. The predicted octanol–water partition coefficient (Wildman–Crippen LogP) is 4.27. The molecule has 0 saturated carbocycles. The van der Waals surface area contributed by atoms with E-state index < -0.39 is 11.7 Å². The van der Waals surface area contributed by atoms with Crippen LogP contribution in [0.2, 0.25) is 0 Å². The summed E-state index contributed by atoms with van der Waals surface area (Å²) in [4.78, 5) is 0. The molecule has 0 radical (unpaired) electrons. The first-order chi connectivity index (χ1) is 7.90. The minimum absolute atomic E-state index is 0.156. The first-order valence-corrected chi connectivity index (χ1v) is 5.85. The van der Waals surface area contributed by atoms with Crippen LogP contribution < -0.4 is 9.47 Å². The van der Waals surface area contributed by atoms with Crippen LogP contribution in [-0.2, 0) is 6.18 Å². The Balaban J connectivity index is 3.26. The first-order valence-electron chi connectivity index (χ1n) is 5.06. The summed E-state index contributed by atoms with van der Waals surface area (Å²) in [7, 11) is 0. The highest BCUT2D eigenvalue weighted by Crippen LogP contribution is 2.41. The highest BCUT2D eigenvalue weighted by atomic mass is 79.9. The van der Waals surface area contributed by atoms with Gasteiger partial charge in [-0.2, -0.15) is 13.2 Å². The number of alkyl halides is 3. The molecular formula is C11H12BrF3O2. The van der Waals surface area contributed by atoms with Crippen molar-refractivity contribution in [3.05, 3.63) is 22.2 Å². The summed E-state index contributed by atoms with van der Waals surface area (Å²) in [5.74, 6) is -0.0430. The fourth-order valence-corrected chi connectivity index (χ4v) is 1.73. The predicted molar refractivity (Wildman–Crippen MR) is 61.5 cm³/mol. The number of hydrogen-bond acceptors (Lipinski definition) is 2. The number of benzene rings is 1. The lowest BCUT2D eigenvalue weighted by Gasteiger charge is -2.16. The molecule has 1 aromatic rings. The standard InChI is InChI=1S/C11H12BrF3O2/c1-3-16-9-6-8(12)10(17-4-2)5-7(9)11(13,14)15/h5-6H,3-4H2,1-2H3. The van der Waals surface area contributed by atoms with E-state index in [0.717, 1.165) is 6.07 Å². The maximum atomic E-state index is 12.8. The summed E-state index contributed by atoms with van der Waals surface area (Å²) < 4.78 is 48.8. The van der Waals surface area contributed by atoms with Crippen molar-refractivity contribution in [1.82, 2.24) is 0 Å². The smallest absolute Gasteiger partial charge is 0.420 e. The van der Waals surface area contributed by atoms with E-state index in [9.17, 15) is 13.2 Å². The van der Waals surface area contributed by atoms with Gasteiger partial charge in [0.2, 0.25) is 0 Å². The Morgan fingerprint density at radius 1 is 1.06 bits per heavy atom. The van der Waals surface area contributed by atoms with Gasteiger partial charge < -0.3 is 9.47 Å². The molecule has 1 rings (SSSR count). The lowest BCUT2D eigenvalue weighted by Crippen LogP contribution is -2.09. The highest BCUT2D eigenvalue weighted by Gasteiger charge is 2.35. The van der Waals surface area contributed by atoms with Crippen LogP contribution in [0.15, 0.2) is 16.6 Å². The maximum Gasteiger partial charge on any atom is 0.420 e. The number of ether oxygens (including phenoxy) is 2. The highest BCUT2D eigenvalue weighted by molar-refractivity contribution is 9.10. The van der Waals surface area contributed by atoms with Gasteiger partial charge in [0.25, 0.3) is 0 Å². The van der Waals surface area contributed by atoms with Crippen molar-refractivity contribution in [3.63, 3.8) is 0 Å². The molecule has 0 spiro atoms. The minimum atomic E-state index is -4.46. The molecule has 0 aliphatic heterocycles. The van der Waals surface area contributed by atoms with Gasteiger partial charge >= 0.3 is 6.18 Å². The summed E-state index contributed by atoms with van der Waals surface area (Å²) in [6, 6.07) is 2.22. The van der Waals surface area contributed by atoms with Crippen LogP contribution in [0.1, 0.15) is 19.4 Å². The second kappa shape index (κ2) is 5.62. The van der Waals surface area contributed by atoms with Crippen LogP contribution in [0.5, 0.6) is 11.5 Å². The Labute approximate surface area is 106 Å². The van der Waals surface area contributed by atoms with E-state index in [1.807, 2.05) is 0 Å². The molecule has 6 heteroatoms. The van der Waals surface area contributed by atoms with Crippen LogP contribution in [-0.4, -0.2) is 13.2 Å². The Morgan fingerprint density at radius 3 is 2.06 bits per heavy atom. The van der Waals surface area contributed by atoms with Crippen LogP contribution in [0.3, 0.4) is 0 Å². The zero-order valence-electron chi connectivity index (χ0n) is 9.40. The molecule has 0 saturated heterocycles. The molecule has 0 aliphatic rings. The van der Waals surface area contributed by atoms with E-state index in [1.165, 1.54) is 6.07 Å². The number of hydrogen-bond donors (Lipinski definition) is 0.